The minimum atomic E-state index is 0.919. The molecule has 0 amide bonds. The Morgan fingerprint density at radius 3 is 2.35 bits per heavy atom. The van der Waals surface area contributed by atoms with Crippen LogP contribution >= 0.6 is 0 Å². The Morgan fingerprint density at radius 1 is 0.957 bits per heavy atom. The summed E-state index contributed by atoms with van der Waals surface area (Å²) in [5.41, 5.74) is 2.74. The zero-order valence-corrected chi connectivity index (χ0v) is 14.9. The van der Waals surface area contributed by atoms with Crippen molar-refractivity contribution in [3.8, 4) is 0 Å². The highest BCUT2D eigenvalue weighted by Gasteiger charge is 2.15. The number of rotatable bonds is 6. The third-order valence-electron chi connectivity index (χ3n) is 5.84. The summed E-state index contributed by atoms with van der Waals surface area (Å²) in [6.07, 6.45) is 11.3. The van der Waals surface area contributed by atoms with Gasteiger partial charge in [-0.05, 0) is 61.9 Å². The minimum absolute atomic E-state index is 0.919. The number of nitrogens with one attached hydrogen (secondary N) is 1. The van der Waals surface area contributed by atoms with Gasteiger partial charge in [-0.1, -0.05) is 51.2 Å². The lowest BCUT2D eigenvalue weighted by Gasteiger charge is -2.30. The molecular formula is C21H34N2. The third-order valence-corrected chi connectivity index (χ3v) is 5.84. The monoisotopic (exact) mass is 314 g/mol. The molecule has 3 rings (SSSR count). The Kier molecular flexibility index (Phi) is 6.38. The maximum absolute atomic E-state index is 3.61. The van der Waals surface area contributed by atoms with Gasteiger partial charge in [-0.3, -0.25) is 4.90 Å². The standard InChI is InChI=1S/C21H34N2/c1-18-12-15-23(16-13-18)17-20-7-9-21(10-8-20)22-14-11-19-5-3-2-4-6-19/h7-10,18-19,22H,2-6,11-17H2,1H3. The number of piperidine rings is 1. The van der Waals surface area contributed by atoms with E-state index in [1.54, 1.807) is 0 Å². The van der Waals surface area contributed by atoms with Crippen molar-refractivity contribution in [2.45, 2.75) is 64.8 Å². The number of anilines is 1. The Labute approximate surface area is 142 Å². The first-order valence-corrected chi connectivity index (χ1v) is 9.85. The Hall–Kier alpha value is -1.02. The van der Waals surface area contributed by atoms with Crippen LogP contribution in [0.1, 0.15) is 63.9 Å². The molecule has 2 heteroatoms. The quantitative estimate of drug-likeness (QED) is 0.766. The van der Waals surface area contributed by atoms with E-state index in [1.807, 2.05) is 0 Å². The van der Waals surface area contributed by atoms with Gasteiger partial charge in [0.15, 0.2) is 0 Å². The summed E-state index contributed by atoms with van der Waals surface area (Å²) in [7, 11) is 0. The summed E-state index contributed by atoms with van der Waals surface area (Å²) >= 11 is 0. The van der Waals surface area contributed by atoms with Crippen molar-refractivity contribution < 1.29 is 0 Å². The molecule has 1 aromatic carbocycles. The normalized spacial score (nSPS) is 21.4. The fourth-order valence-electron chi connectivity index (χ4n) is 4.10. The molecule has 0 atom stereocenters. The van der Waals surface area contributed by atoms with E-state index in [1.165, 1.54) is 75.7 Å². The highest BCUT2D eigenvalue weighted by Crippen LogP contribution is 2.26. The van der Waals surface area contributed by atoms with Crippen LogP contribution in [-0.2, 0) is 6.54 Å². The summed E-state index contributed by atoms with van der Waals surface area (Å²) in [4.78, 5) is 2.60. The molecule has 1 N–H and O–H groups in total. The van der Waals surface area contributed by atoms with Gasteiger partial charge < -0.3 is 5.32 Å². The third kappa shape index (κ3) is 5.53. The summed E-state index contributed by atoms with van der Waals surface area (Å²) < 4.78 is 0. The van der Waals surface area contributed by atoms with Gasteiger partial charge in [0.25, 0.3) is 0 Å². The minimum Gasteiger partial charge on any atom is -0.385 e. The van der Waals surface area contributed by atoms with Gasteiger partial charge in [0, 0.05) is 18.8 Å². The largest absolute Gasteiger partial charge is 0.385 e. The SMILES string of the molecule is CC1CCN(Cc2ccc(NCCC3CCCCC3)cc2)CC1. The van der Waals surface area contributed by atoms with Crippen LogP contribution in [0.5, 0.6) is 0 Å². The lowest BCUT2D eigenvalue weighted by molar-refractivity contribution is 0.185. The van der Waals surface area contributed by atoms with Crippen LogP contribution in [0.3, 0.4) is 0 Å². The Bertz CT molecular complexity index is 439. The zero-order chi connectivity index (χ0) is 15.9. The lowest BCUT2D eigenvalue weighted by atomic mass is 9.87. The van der Waals surface area contributed by atoms with Crippen LogP contribution in [0.25, 0.3) is 0 Å². The van der Waals surface area contributed by atoms with Gasteiger partial charge in [0.2, 0.25) is 0 Å². The van der Waals surface area contributed by atoms with Gasteiger partial charge in [-0.2, -0.15) is 0 Å². The molecule has 2 fully saturated rings. The van der Waals surface area contributed by atoms with Crippen molar-refractivity contribution in [2.75, 3.05) is 25.0 Å². The second-order valence-corrected chi connectivity index (χ2v) is 7.88. The van der Waals surface area contributed by atoms with E-state index in [4.69, 9.17) is 0 Å². The second kappa shape index (κ2) is 8.73. The molecule has 0 aromatic heterocycles. The predicted molar refractivity (Wildman–Crippen MR) is 99.8 cm³/mol. The van der Waals surface area contributed by atoms with Crippen molar-refractivity contribution in [1.82, 2.24) is 4.90 Å². The van der Waals surface area contributed by atoms with Crippen LogP contribution < -0.4 is 5.32 Å². The molecule has 0 bridgehead atoms. The highest BCUT2D eigenvalue weighted by molar-refractivity contribution is 5.44. The van der Waals surface area contributed by atoms with E-state index in [0.717, 1.165) is 24.9 Å². The second-order valence-electron chi connectivity index (χ2n) is 7.88. The lowest BCUT2D eigenvalue weighted by Crippen LogP contribution is -2.32. The first kappa shape index (κ1) is 16.8. The molecule has 23 heavy (non-hydrogen) atoms. The van der Waals surface area contributed by atoms with Crippen LogP contribution in [0.15, 0.2) is 24.3 Å². The van der Waals surface area contributed by atoms with Gasteiger partial charge in [0.1, 0.15) is 0 Å². The molecule has 128 valence electrons. The molecule has 1 saturated carbocycles. The van der Waals surface area contributed by atoms with E-state index in [2.05, 4.69) is 41.4 Å². The molecule has 0 spiro atoms. The number of likely N-dealkylation sites (tertiary alicyclic amines) is 1. The maximum atomic E-state index is 3.61. The van der Waals surface area contributed by atoms with Gasteiger partial charge in [-0.25, -0.2) is 0 Å². The van der Waals surface area contributed by atoms with E-state index in [0.29, 0.717) is 0 Å². The topological polar surface area (TPSA) is 15.3 Å². The average Bonchev–Trinajstić information content (AvgIpc) is 2.59. The summed E-state index contributed by atoms with van der Waals surface area (Å²) in [6.45, 7) is 7.17. The van der Waals surface area contributed by atoms with Crippen molar-refractivity contribution in [2.24, 2.45) is 11.8 Å². The molecular weight excluding hydrogens is 280 g/mol. The van der Waals surface area contributed by atoms with Gasteiger partial charge in [-0.15, -0.1) is 0 Å². The predicted octanol–water partition coefficient (Wildman–Crippen LogP) is 5.30. The molecule has 0 radical (unpaired) electrons. The summed E-state index contributed by atoms with van der Waals surface area (Å²) in [5, 5.41) is 3.61. The molecule has 1 aromatic rings. The zero-order valence-electron chi connectivity index (χ0n) is 14.9. The van der Waals surface area contributed by atoms with Crippen molar-refractivity contribution in [3.05, 3.63) is 29.8 Å². The molecule has 1 heterocycles. The van der Waals surface area contributed by atoms with Crippen molar-refractivity contribution >= 4 is 5.69 Å². The number of nitrogens with zero attached hydrogens (tertiary/aromatic N) is 1. The first-order chi connectivity index (χ1) is 11.3. The fourth-order valence-corrected chi connectivity index (χ4v) is 4.10. The molecule has 1 aliphatic carbocycles. The first-order valence-electron chi connectivity index (χ1n) is 9.85. The molecule has 0 unspecified atom stereocenters. The summed E-state index contributed by atoms with van der Waals surface area (Å²) in [5.74, 6) is 1.89. The molecule has 2 aliphatic rings. The number of hydrogen-bond donors (Lipinski definition) is 1. The van der Waals surface area contributed by atoms with E-state index < -0.39 is 0 Å². The molecule has 2 nitrogen and oxygen atoms in total. The van der Waals surface area contributed by atoms with Gasteiger partial charge in [0.05, 0.1) is 0 Å². The number of hydrogen-bond acceptors (Lipinski definition) is 2. The molecule has 1 saturated heterocycles. The van der Waals surface area contributed by atoms with Crippen molar-refractivity contribution in [3.63, 3.8) is 0 Å². The van der Waals surface area contributed by atoms with Crippen LogP contribution in [0.2, 0.25) is 0 Å². The Balaban J connectivity index is 1.38. The number of benzene rings is 1. The highest BCUT2D eigenvalue weighted by atomic mass is 15.1. The van der Waals surface area contributed by atoms with Crippen LogP contribution in [0.4, 0.5) is 5.69 Å². The van der Waals surface area contributed by atoms with E-state index >= 15 is 0 Å². The smallest absolute Gasteiger partial charge is 0.0340 e. The Morgan fingerprint density at radius 2 is 1.65 bits per heavy atom. The molecule has 1 aliphatic heterocycles. The average molecular weight is 315 g/mol. The van der Waals surface area contributed by atoms with Gasteiger partial charge >= 0.3 is 0 Å². The van der Waals surface area contributed by atoms with Crippen LogP contribution in [-0.4, -0.2) is 24.5 Å². The van der Waals surface area contributed by atoms with E-state index in [-0.39, 0.29) is 0 Å². The fraction of sp³-hybridized carbons (Fsp3) is 0.714. The van der Waals surface area contributed by atoms with Crippen LogP contribution in [0, 0.1) is 11.8 Å². The summed E-state index contributed by atoms with van der Waals surface area (Å²) in [6, 6.07) is 9.15. The maximum Gasteiger partial charge on any atom is 0.0340 e. The van der Waals surface area contributed by atoms with Crippen molar-refractivity contribution in [1.29, 1.82) is 0 Å². The van der Waals surface area contributed by atoms with E-state index in [9.17, 15) is 0 Å².